The first kappa shape index (κ1) is 17.0. The van der Waals surface area contributed by atoms with Gasteiger partial charge in [-0.3, -0.25) is 9.59 Å². The van der Waals surface area contributed by atoms with Gasteiger partial charge in [-0.15, -0.1) is 0 Å². The molecule has 2 heterocycles. The van der Waals surface area contributed by atoms with Crippen molar-refractivity contribution >= 4 is 5.91 Å². The third-order valence-electron chi connectivity index (χ3n) is 3.17. The number of carbonyl (C=O) groups excluding carboxylic acids is 1. The van der Waals surface area contributed by atoms with E-state index in [4.69, 9.17) is 9.15 Å². The van der Waals surface area contributed by atoms with Crippen molar-refractivity contribution in [1.29, 1.82) is 0 Å². The molecule has 2 aromatic rings. The van der Waals surface area contributed by atoms with Crippen LogP contribution in [0.3, 0.4) is 0 Å². The lowest BCUT2D eigenvalue weighted by atomic mass is 10.3. The van der Waals surface area contributed by atoms with Crippen molar-refractivity contribution in [2.75, 3.05) is 13.2 Å². The van der Waals surface area contributed by atoms with Gasteiger partial charge in [-0.1, -0.05) is 6.07 Å². The predicted molar refractivity (Wildman–Crippen MR) is 86.6 cm³/mol. The summed E-state index contributed by atoms with van der Waals surface area (Å²) < 4.78 is 12.4. The van der Waals surface area contributed by atoms with Gasteiger partial charge in [-0.25, -0.2) is 0 Å². The van der Waals surface area contributed by atoms with E-state index in [1.54, 1.807) is 30.5 Å². The van der Waals surface area contributed by atoms with Gasteiger partial charge in [0.25, 0.3) is 11.5 Å². The molecule has 6 nitrogen and oxygen atoms in total. The maximum absolute atomic E-state index is 12.0. The molecule has 1 N–H and O–H groups in total. The van der Waals surface area contributed by atoms with Crippen molar-refractivity contribution in [1.82, 2.24) is 9.88 Å². The number of nitrogens with zero attached hydrogens (tertiary/aromatic N) is 1. The number of ether oxygens (including phenoxy) is 1. The molecule has 1 amide bonds. The van der Waals surface area contributed by atoms with Crippen molar-refractivity contribution in [3.8, 4) is 0 Å². The van der Waals surface area contributed by atoms with Gasteiger partial charge in [-0.05, 0) is 38.5 Å². The molecule has 0 unspecified atom stereocenters. The van der Waals surface area contributed by atoms with Crippen LogP contribution in [0, 0.1) is 0 Å². The van der Waals surface area contributed by atoms with Crippen LogP contribution in [0.1, 0.15) is 36.6 Å². The number of rotatable bonds is 8. The molecule has 0 saturated heterocycles. The molecular weight excluding hydrogens is 296 g/mol. The number of carbonyl (C=O) groups is 1. The van der Waals surface area contributed by atoms with E-state index in [1.807, 2.05) is 13.8 Å². The second-order valence-corrected chi connectivity index (χ2v) is 5.46. The fraction of sp³-hybridized carbons (Fsp3) is 0.412. The zero-order valence-corrected chi connectivity index (χ0v) is 13.5. The summed E-state index contributed by atoms with van der Waals surface area (Å²) in [6, 6.07) is 8.26. The fourth-order valence-electron chi connectivity index (χ4n) is 2.02. The highest BCUT2D eigenvalue weighted by Crippen LogP contribution is 2.09. The van der Waals surface area contributed by atoms with Crippen molar-refractivity contribution in [3.63, 3.8) is 0 Å². The van der Waals surface area contributed by atoms with Crippen LogP contribution in [0.5, 0.6) is 0 Å². The predicted octanol–water partition coefficient (Wildman–Crippen LogP) is 2.03. The topological polar surface area (TPSA) is 73.5 Å². The van der Waals surface area contributed by atoms with Crippen LogP contribution < -0.4 is 10.9 Å². The Bertz CT molecular complexity index is 688. The lowest BCUT2D eigenvalue weighted by molar-refractivity contribution is 0.0753. The zero-order valence-electron chi connectivity index (χ0n) is 13.5. The van der Waals surface area contributed by atoms with E-state index < -0.39 is 0 Å². The standard InChI is InChI=1S/C17H22N2O4/c1-13(2)22-11-5-9-18-17(21)15-8-7-14(23-15)12-19-10-4-3-6-16(19)20/h3-4,6-8,10,13H,5,9,11-12H2,1-2H3,(H,18,21). The van der Waals surface area contributed by atoms with Crippen LogP contribution >= 0.6 is 0 Å². The first-order chi connectivity index (χ1) is 11.1. The highest BCUT2D eigenvalue weighted by molar-refractivity contribution is 5.91. The minimum atomic E-state index is -0.263. The molecule has 0 bridgehead atoms. The fourth-order valence-corrected chi connectivity index (χ4v) is 2.02. The maximum Gasteiger partial charge on any atom is 0.286 e. The lowest BCUT2D eigenvalue weighted by Crippen LogP contribution is -2.25. The molecule has 23 heavy (non-hydrogen) atoms. The van der Waals surface area contributed by atoms with Crippen LogP contribution in [0.2, 0.25) is 0 Å². The average molecular weight is 318 g/mol. The summed E-state index contributed by atoms with van der Waals surface area (Å²) in [6.45, 7) is 5.38. The molecule has 0 fully saturated rings. The van der Waals surface area contributed by atoms with Crippen molar-refractivity contribution < 1.29 is 13.9 Å². The van der Waals surface area contributed by atoms with Crippen LogP contribution in [0.25, 0.3) is 0 Å². The first-order valence-corrected chi connectivity index (χ1v) is 7.70. The van der Waals surface area contributed by atoms with E-state index in [9.17, 15) is 9.59 Å². The van der Waals surface area contributed by atoms with E-state index >= 15 is 0 Å². The minimum Gasteiger partial charge on any atom is -0.454 e. The molecule has 0 aliphatic rings. The van der Waals surface area contributed by atoms with Crippen LogP contribution in [-0.4, -0.2) is 29.7 Å². The number of furan rings is 1. The minimum absolute atomic E-state index is 0.111. The Kier molecular flexibility index (Phi) is 6.17. The number of pyridine rings is 1. The SMILES string of the molecule is CC(C)OCCCNC(=O)c1ccc(Cn2ccccc2=O)o1. The summed E-state index contributed by atoms with van der Waals surface area (Å²) in [6.07, 6.45) is 2.62. The Morgan fingerprint density at radius 2 is 2.13 bits per heavy atom. The van der Waals surface area contributed by atoms with Gasteiger partial charge in [0.1, 0.15) is 5.76 Å². The van der Waals surface area contributed by atoms with Gasteiger partial charge >= 0.3 is 0 Å². The normalized spacial score (nSPS) is 10.9. The summed E-state index contributed by atoms with van der Waals surface area (Å²) >= 11 is 0. The average Bonchev–Trinajstić information content (AvgIpc) is 2.97. The summed E-state index contributed by atoms with van der Waals surface area (Å²) in [7, 11) is 0. The zero-order chi connectivity index (χ0) is 16.7. The Morgan fingerprint density at radius 1 is 1.30 bits per heavy atom. The van der Waals surface area contributed by atoms with Gasteiger partial charge in [0.2, 0.25) is 0 Å². The molecule has 0 saturated carbocycles. The van der Waals surface area contributed by atoms with Gasteiger partial charge < -0.3 is 19.0 Å². The molecule has 2 aromatic heterocycles. The first-order valence-electron chi connectivity index (χ1n) is 7.70. The molecule has 0 radical (unpaired) electrons. The lowest BCUT2D eigenvalue weighted by Gasteiger charge is -2.07. The molecule has 0 spiro atoms. The Labute approximate surface area is 135 Å². The smallest absolute Gasteiger partial charge is 0.286 e. The number of nitrogens with one attached hydrogen (secondary N) is 1. The van der Waals surface area contributed by atoms with Crippen LogP contribution in [0.4, 0.5) is 0 Å². The van der Waals surface area contributed by atoms with Crippen molar-refractivity contribution in [2.45, 2.75) is 32.9 Å². The number of amides is 1. The summed E-state index contributed by atoms with van der Waals surface area (Å²) in [4.78, 5) is 23.6. The van der Waals surface area contributed by atoms with Crippen LogP contribution in [-0.2, 0) is 11.3 Å². The largest absolute Gasteiger partial charge is 0.454 e. The van der Waals surface area contributed by atoms with E-state index in [-0.39, 0.29) is 23.3 Å². The van der Waals surface area contributed by atoms with Gasteiger partial charge in [0.15, 0.2) is 5.76 Å². The van der Waals surface area contributed by atoms with Crippen molar-refractivity contribution in [2.24, 2.45) is 0 Å². The summed E-state index contributed by atoms with van der Waals surface area (Å²) in [5.41, 5.74) is -0.111. The molecule has 124 valence electrons. The van der Waals surface area contributed by atoms with E-state index in [1.165, 1.54) is 10.6 Å². The molecule has 6 heteroatoms. The van der Waals surface area contributed by atoms with Gasteiger partial charge in [-0.2, -0.15) is 0 Å². The van der Waals surface area contributed by atoms with E-state index in [2.05, 4.69) is 5.32 Å². The third kappa shape index (κ3) is 5.41. The maximum atomic E-state index is 12.0. The van der Waals surface area contributed by atoms with Crippen LogP contribution in [0.15, 0.2) is 45.7 Å². The quantitative estimate of drug-likeness (QED) is 0.756. The molecule has 0 aromatic carbocycles. The molecule has 2 rings (SSSR count). The van der Waals surface area contributed by atoms with E-state index in [0.717, 1.165) is 6.42 Å². The Balaban J connectivity index is 1.83. The van der Waals surface area contributed by atoms with Gasteiger partial charge in [0, 0.05) is 25.4 Å². The molecule has 0 atom stereocenters. The highest BCUT2D eigenvalue weighted by Gasteiger charge is 2.11. The highest BCUT2D eigenvalue weighted by atomic mass is 16.5. The molecular formula is C17H22N2O4. The van der Waals surface area contributed by atoms with Crippen molar-refractivity contribution in [3.05, 3.63) is 58.4 Å². The summed E-state index contributed by atoms with van der Waals surface area (Å²) in [5, 5.41) is 2.78. The number of aromatic nitrogens is 1. The Hall–Kier alpha value is -2.34. The number of hydrogen-bond donors (Lipinski definition) is 1. The monoisotopic (exact) mass is 318 g/mol. The second kappa shape index (κ2) is 8.33. The van der Waals surface area contributed by atoms with Gasteiger partial charge in [0.05, 0.1) is 12.6 Å². The summed E-state index contributed by atoms with van der Waals surface area (Å²) in [5.74, 6) is 0.543. The Morgan fingerprint density at radius 3 is 2.87 bits per heavy atom. The van der Waals surface area contributed by atoms with E-state index in [0.29, 0.717) is 25.5 Å². The second-order valence-electron chi connectivity index (χ2n) is 5.46. The third-order valence-corrected chi connectivity index (χ3v) is 3.17. The molecule has 0 aliphatic carbocycles. The molecule has 0 aliphatic heterocycles. The number of hydrogen-bond acceptors (Lipinski definition) is 4.